The number of fused-ring (bicyclic) bond motifs is 1. The number of H-pyrrole nitrogens is 1. The summed E-state index contributed by atoms with van der Waals surface area (Å²) in [5, 5.41) is 13.6. The second-order valence-electron chi connectivity index (χ2n) is 4.75. The van der Waals surface area contributed by atoms with Crippen LogP contribution >= 0.6 is 0 Å². The third-order valence-electron chi connectivity index (χ3n) is 3.18. The van der Waals surface area contributed by atoms with Gasteiger partial charge in [0, 0.05) is 5.56 Å². The summed E-state index contributed by atoms with van der Waals surface area (Å²) < 4.78 is 6.74. The van der Waals surface area contributed by atoms with Crippen molar-refractivity contribution in [3.05, 3.63) is 45.8 Å². The first-order chi connectivity index (χ1) is 9.54. The molecule has 0 aromatic carbocycles. The predicted molar refractivity (Wildman–Crippen MR) is 73.8 cm³/mol. The normalized spacial score (nSPS) is 12.8. The third-order valence-corrected chi connectivity index (χ3v) is 3.18. The summed E-state index contributed by atoms with van der Waals surface area (Å²) in [5.74, 6) is 2.36. The van der Waals surface area contributed by atoms with Crippen LogP contribution in [0.25, 0.3) is 5.65 Å². The molecule has 1 unspecified atom stereocenters. The highest BCUT2D eigenvalue weighted by Crippen LogP contribution is 2.23. The number of aromatic nitrogens is 4. The topological polar surface area (TPSA) is 88.2 Å². The SMILES string of the molecule is Cc1cc(C(C)Nc2ccc3n[nH]c(=O)n3n2)c(C)o1. The van der Waals surface area contributed by atoms with Crippen molar-refractivity contribution in [3.8, 4) is 0 Å². The summed E-state index contributed by atoms with van der Waals surface area (Å²) in [5.41, 5.74) is 1.21. The molecule has 0 spiro atoms. The molecule has 7 heteroatoms. The Hall–Kier alpha value is -2.57. The lowest BCUT2D eigenvalue weighted by atomic mass is 10.1. The first-order valence-corrected chi connectivity index (χ1v) is 6.32. The molecule has 3 aromatic heterocycles. The zero-order chi connectivity index (χ0) is 14.3. The van der Waals surface area contributed by atoms with Gasteiger partial charge in [0.25, 0.3) is 0 Å². The van der Waals surface area contributed by atoms with Crippen LogP contribution in [0.3, 0.4) is 0 Å². The van der Waals surface area contributed by atoms with Crippen molar-refractivity contribution in [2.75, 3.05) is 5.32 Å². The number of aromatic amines is 1. The highest BCUT2D eigenvalue weighted by atomic mass is 16.3. The number of furan rings is 1. The fourth-order valence-electron chi connectivity index (χ4n) is 2.26. The van der Waals surface area contributed by atoms with E-state index in [9.17, 15) is 4.79 Å². The molecule has 0 amide bonds. The van der Waals surface area contributed by atoms with E-state index in [4.69, 9.17) is 4.42 Å². The molecular weight excluding hydrogens is 258 g/mol. The number of aryl methyl sites for hydroxylation is 2. The molecule has 3 heterocycles. The highest BCUT2D eigenvalue weighted by molar-refractivity contribution is 5.44. The van der Waals surface area contributed by atoms with Crippen LogP contribution in [-0.4, -0.2) is 19.8 Å². The standard InChI is InChI=1S/C13H15N5O2/c1-7-6-10(9(3)20-7)8(2)14-11-4-5-12-15-16-13(19)18(12)17-11/h4-6,8H,1-3H3,(H,14,17)(H,16,19). The largest absolute Gasteiger partial charge is 0.466 e. The van der Waals surface area contributed by atoms with Crippen molar-refractivity contribution >= 4 is 11.5 Å². The van der Waals surface area contributed by atoms with Crippen molar-refractivity contribution < 1.29 is 4.42 Å². The van der Waals surface area contributed by atoms with E-state index in [0.717, 1.165) is 17.1 Å². The summed E-state index contributed by atoms with van der Waals surface area (Å²) in [7, 11) is 0. The number of rotatable bonds is 3. The maximum Gasteiger partial charge on any atom is 0.364 e. The van der Waals surface area contributed by atoms with Gasteiger partial charge in [0.15, 0.2) is 5.65 Å². The van der Waals surface area contributed by atoms with Crippen molar-refractivity contribution in [1.82, 2.24) is 19.8 Å². The first-order valence-electron chi connectivity index (χ1n) is 6.32. The zero-order valence-electron chi connectivity index (χ0n) is 11.5. The van der Waals surface area contributed by atoms with Gasteiger partial charge in [-0.1, -0.05) is 0 Å². The number of nitrogens with one attached hydrogen (secondary N) is 2. The molecule has 0 bridgehead atoms. The van der Waals surface area contributed by atoms with Gasteiger partial charge >= 0.3 is 5.69 Å². The van der Waals surface area contributed by atoms with Crippen LogP contribution < -0.4 is 11.0 Å². The van der Waals surface area contributed by atoms with Crippen LogP contribution in [0, 0.1) is 13.8 Å². The summed E-state index contributed by atoms with van der Waals surface area (Å²) in [6.45, 7) is 5.86. The van der Waals surface area contributed by atoms with E-state index in [1.54, 1.807) is 12.1 Å². The Morgan fingerprint density at radius 2 is 2.20 bits per heavy atom. The van der Waals surface area contributed by atoms with E-state index in [1.165, 1.54) is 4.52 Å². The Labute approximate surface area is 114 Å². The molecular formula is C13H15N5O2. The van der Waals surface area contributed by atoms with Crippen LogP contribution in [0.1, 0.15) is 30.0 Å². The highest BCUT2D eigenvalue weighted by Gasteiger charge is 2.13. The van der Waals surface area contributed by atoms with E-state index in [2.05, 4.69) is 20.6 Å². The number of nitrogens with zero attached hydrogens (tertiary/aromatic N) is 3. The molecule has 0 aliphatic carbocycles. The average Bonchev–Trinajstić information content (AvgIpc) is 2.93. The van der Waals surface area contributed by atoms with Gasteiger partial charge in [-0.3, -0.25) is 0 Å². The minimum absolute atomic E-state index is 0.0278. The molecule has 0 saturated carbocycles. The van der Waals surface area contributed by atoms with Crippen LogP contribution in [0.5, 0.6) is 0 Å². The smallest absolute Gasteiger partial charge is 0.364 e. The van der Waals surface area contributed by atoms with Gasteiger partial charge in [0.05, 0.1) is 6.04 Å². The molecule has 0 aliphatic rings. The number of hydrogen-bond donors (Lipinski definition) is 2. The van der Waals surface area contributed by atoms with Gasteiger partial charge < -0.3 is 9.73 Å². The lowest BCUT2D eigenvalue weighted by Gasteiger charge is -2.13. The molecule has 0 aliphatic heterocycles. The fourth-order valence-corrected chi connectivity index (χ4v) is 2.26. The van der Waals surface area contributed by atoms with E-state index < -0.39 is 0 Å². The molecule has 2 N–H and O–H groups in total. The Morgan fingerprint density at radius 3 is 2.90 bits per heavy atom. The Morgan fingerprint density at radius 1 is 1.40 bits per heavy atom. The van der Waals surface area contributed by atoms with Crippen LogP contribution in [-0.2, 0) is 0 Å². The fraction of sp³-hybridized carbons (Fsp3) is 0.308. The molecule has 0 saturated heterocycles. The summed E-state index contributed by atoms with van der Waals surface area (Å²) in [4.78, 5) is 11.5. The minimum atomic E-state index is -0.355. The van der Waals surface area contributed by atoms with Gasteiger partial charge in [0.1, 0.15) is 17.3 Å². The lowest BCUT2D eigenvalue weighted by molar-refractivity contribution is 0.499. The summed E-state index contributed by atoms with van der Waals surface area (Å²) >= 11 is 0. The second kappa shape index (κ2) is 4.52. The second-order valence-corrected chi connectivity index (χ2v) is 4.75. The predicted octanol–water partition coefficient (Wildman–Crippen LogP) is 1.80. The average molecular weight is 273 g/mol. The third kappa shape index (κ3) is 2.07. The van der Waals surface area contributed by atoms with E-state index in [0.29, 0.717) is 11.5 Å². The molecule has 1 atom stereocenters. The van der Waals surface area contributed by atoms with Crippen LogP contribution in [0.15, 0.2) is 27.4 Å². The first kappa shape index (κ1) is 12.5. The van der Waals surface area contributed by atoms with Crippen molar-refractivity contribution in [3.63, 3.8) is 0 Å². The van der Waals surface area contributed by atoms with Gasteiger partial charge in [-0.05, 0) is 39.0 Å². The maximum absolute atomic E-state index is 11.5. The van der Waals surface area contributed by atoms with Crippen LogP contribution in [0.4, 0.5) is 5.82 Å². The maximum atomic E-state index is 11.5. The molecule has 20 heavy (non-hydrogen) atoms. The van der Waals surface area contributed by atoms with Crippen molar-refractivity contribution in [1.29, 1.82) is 0 Å². The molecule has 0 fully saturated rings. The van der Waals surface area contributed by atoms with Gasteiger partial charge in [0.2, 0.25) is 0 Å². The van der Waals surface area contributed by atoms with Gasteiger partial charge in [-0.15, -0.1) is 5.10 Å². The Balaban J connectivity index is 1.90. The molecule has 0 radical (unpaired) electrons. The Kier molecular flexibility index (Phi) is 2.81. The molecule has 3 rings (SSSR count). The Bertz CT molecular complexity index is 814. The zero-order valence-corrected chi connectivity index (χ0v) is 11.5. The summed E-state index contributed by atoms with van der Waals surface area (Å²) in [6, 6.07) is 5.54. The molecule has 7 nitrogen and oxygen atoms in total. The minimum Gasteiger partial charge on any atom is -0.466 e. The van der Waals surface area contributed by atoms with Crippen molar-refractivity contribution in [2.45, 2.75) is 26.8 Å². The molecule has 104 valence electrons. The van der Waals surface area contributed by atoms with E-state index >= 15 is 0 Å². The number of hydrogen-bond acceptors (Lipinski definition) is 5. The number of anilines is 1. The monoisotopic (exact) mass is 273 g/mol. The van der Waals surface area contributed by atoms with Crippen LogP contribution in [0.2, 0.25) is 0 Å². The lowest BCUT2D eigenvalue weighted by Crippen LogP contribution is -2.15. The van der Waals surface area contributed by atoms with Gasteiger partial charge in [-0.25, -0.2) is 9.89 Å². The van der Waals surface area contributed by atoms with Crippen molar-refractivity contribution in [2.24, 2.45) is 0 Å². The quantitative estimate of drug-likeness (QED) is 0.759. The van der Waals surface area contributed by atoms with E-state index in [-0.39, 0.29) is 11.7 Å². The molecule has 3 aromatic rings. The van der Waals surface area contributed by atoms with E-state index in [1.807, 2.05) is 26.8 Å². The summed E-state index contributed by atoms with van der Waals surface area (Å²) in [6.07, 6.45) is 0. The van der Waals surface area contributed by atoms with Gasteiger partial charge in [-0.2, -0.15) is 9.61 Å².